The van der Waals surface area contributed by atoms with E-state index in [1.54, 1.807) is 18.2 Å². The van der Waals surface area contributed by atoms with Crippen molar-refractivity contribution in [3.63, 3.8) is 0 Å². The minimum Gasteiger partial charge on any atom is -0.493 e. The van der Waals surface area contributed by atoms with Crippen LogP contribution in [0, 0.1) is 5.82 Å². The van der Waals surface area contributed by atoms with Crippen molar-refractivity contribution in [2.24, 2.45) is 0 Å². The van der Waals surface area contributed by atoms with Gasteiger partial charge in [-0.3, -0.25) is 14.7 Å². The van der Waals surface area contributed by atoms with E-state index in [0.29, 0.717) is 60.0 Å². The van der Waals surface area contributed by atoms with Crippen LogP contribution in [0.4, 0.5) is 23.4 Å². The van der Waals surface area contributed by atoms with Gasteiger partial charge in [-0.2, -0.15) is 13.2 Å². The van der Waals surface area contributed by atoms with Gasteiger partial charge in [0, 0.05) is 43.4 Å². The van der Waals surface area contributed by atoms with E-state index in [4.69, 9.17) is 14.0 Å². The van der Waals surface area contributed by atoms with E-state index >= 15 is 4.39 Å². The van der Waals surface area contributed by atoms with Crippen LogP contribution in [0.3, 0.4) is 0 Å². The van der Waals surface area contributed by atoms with E-state index < -0.39 is 33.2 Å². The number of sulfone groups is 1. The second-order valence-electron chi connectivity index (χ2n) is 11.3. The van der Waals surface area contributed by atoms with Crippen LogP contribution in [0.15, 0.2) is 47.1 Å². The van der Waals surface area contributed by atoms with Crippen molar-refractivity contribution in [1.82, 2.24) is 20.0 Å². The van der Waals surface area contributed by atoms with Crippen LogP contribution < -0.4 is 14.8 Å². The molecule has 2 fully saturated rings. The molecule has 1 N–H and O–H groups in total. The molecule has 2 aromatic carbocycles. The number of aromatic nitrogens is 3. The molecule has 244 valence electrons. The maximum absolute atomic E-state index is 15.1. The predicted octanol–water partition coefficient (Wildman–Crippen LogP) is 4.32. The van der Waals surface area contributed by atoms with Crippen molar-refractivity contribution in [2.45, 2.75) is 30.9 Å². The lowest BCUT2D eigenvalue weighted by Crippen LogP contribution is -2.42. The fourth-order valence-corrected chi connectivity index (χ4v) is 6.53. The fraction of sp³-hybridized carbons (Fsp3) is 0.400. The van der Waals surface area contributed by atoms with Gasteiger partial charge in [0.15, 0.2) is 32.9 Å². The lowest BCUT2D eigenvalue weighted by atomic mass is 10.0. The van der Waals surface area contributed by atoms with Crippen LogP contribution in [0.25, 0.3) is 22.3 Å². The summed E-state index contributed by atoms with van der Waals surface area (Å²) in [5, 5.41) is 5.88. The first-order chi connectivity index (χ1) is 21.9. The number of methoxy groups -OCH3 is 1. The van der Waals surface area contributed by atoms with Crippen LogP contribution in [0.1, 0.15) is 24.2 Å². The lowest BCUT2D eigenvalue weighted by molar-refractivity contribution is -0.165. The van der Waals surface area contributed by atoms with E-state index in [0.717, 1.165) is 6.07 Å². The van der Waals surface area contributed by atoms with Crippen molar-refractivity contribution in [1.29, 1.82) is 0 Å². The monoisotopic (exact) mass is 663 g/mol. The topological polar surface area (TPSA) is 137 Å². The molecule has 0 radical (unpaired) electrons. The van der Waals surface area contributed by atoms with Crippen LogP contribution in [0.5, 0.6) is 11.5 Å². The van der Waals surface area contributed by atoms with E-state index in [1.165, 1.54) is 25.4 Å². The number of benzene rings is 2. The molecule has 1 aliphatic carbocycles. The van der Waals surface area contributed by atoms with E-state index in [9.17, 15) is 26.4 Å². The van der Waals surface area contributed by atoms with Gasteiger partial charge in [0.2, 0.25) is 5.91 Å². The molecular weight excluding hydrogens is 634 g/mol. The summed E-state index contributed by atoms with van der Waals surface area (Å²) in [4.78, 5) is 23.6. The number of carbonyl (C=O) groups is 1. The van der Waals surface area contributed by atoms with Gasteiger partial charge >= 0.3 is 6.18 Å². The van der Waals surface area contributed by atoms with Gasteiger partial charge in [-0.15, -0.1) is 0 Å². The van der Waals surface area contributed by atoms with Gasteiger partial charge in [0.05, 0.1) is 48.0 Å². The smallest absolute Gasteiger partial charge is 0.401 e. The molecule has 1 saturated heterocycles. The van der Waals surface area contributed by atoms with E-state index in [1.807, 2.05) is 4.90 Å². The third-order valence-corrected chi connectivity index (χ3v) is 9.78. The van der Waals surface area contributed by atoms with Gasteiger partial charge in [-0.05, 0) is 24.5 Å². The maximum atomic E-state index is 15.1. The number of rotatable bonds is 10. The molecule has 11 nitrogen and oxygen atoms in total. The summed E-state index contributed by atoms with van der Waals surface area (Å²) in [6, 6.07) is 8.59. The molecule has 2 aromatic heterocycles. The Morgan fingerprint density at radius 2 is 1.83 bits per heavy atom. The first-order valence-electron chi connectivity index (χ1n) is 14.4. The Hall–Kier alpha value is -4.31. The van der Waals surface area contributed by atoms with Crippen LogP contribution >= 0.6 is 0 Å². The van der Waals surface area contributed by atoms with Crippen molar-refractivity contribution < 1.29 is 44.8 Å². The number of ether oxygens (including phenoxy) is 2. The number of carbonyl (C=O) groups excluding carboxylic acids is 1. The quantitative estimate of drug-likeness (QED) is 0.245. The van der Waals surface area contributed by atoms with E-state index in [2.05, 4.69) is 20.4 Å². The minimum atomic E-state index is -4.48. The summed E-state index contributed by atoms with van der Waals surface area (Å²) in [6.45, 7) is 1.79. The van der Waals surface area contributed by atoms with Crippen LogP contribution in [-0.2, 0) is 26.5 Å². The van der Waals surface area contributed by atoms with Gasteiger partial charge in [0.1, 0.15) is 17.8 Å². The normalized spacial score (nSPS) is 17.5. The molecular formula is C30H29F4N5O6S. The number of nitrogens with one attached hydrogen (secondary N) is 1. The number of amides is 1. The first-order valence-corrected chi connectivity index (χ1v) is 16.2. The number of hydrogen-bond donors (Lipinski definition) is 1. The fourth-order valence-electron chi connectivity index (χ4n) is 5.25. The molecule has 1 amide bonds. The Kier molecular flexibility index (Phi) is 8.35. The Morgan fingerprint density at radius 3 is 2.50 bits per heavy atom. The van der Waals surface area contributed by atoms with Gasteiger partial charge in [-0.25, -0.2) is 17.8 Å². The molecule has 0 atom stereocenters. The summed E-state index contributed by atoms with van der Waals surface area (Å²) >= 11 is 0. The standard InChI is InChI=1S/C30H29F4N5O6S/c1-43-24-15-22-21(14-25(24)44-9-6-39-7-10-46(41,42)11-8-39)35-17-23(36-22)19-3-2-18(20(31)12-19)13-28(40)37-27-16-26(45-38-27)29(4-5-29)30(32,33)34/h2-3,12,14-17H,4-11,13H2,1H3,(H,37,38,40). The highest BCUT2D eigenvalue weighted by Crippen LogP contribution is 2.59. The maximum Gasteiger partial charge on any atom is 0.401 e. The number of halogens is 4. The Morgan fingerprint density at radius 1 is 1.09 bits per heavy atom. The number of hydrogen-bond acceptors (Lipinski definition) is 10. The summed E-state index contributed by atoms with van der Waals surface area (Å²) in [5.41, 5.74) is -0.259. The largest absolute Gasteiger partial charge is 0.493 e. The van der Waals surface area contributed by atoms with Crippen LogP contribution in [0.2, 0.25) is 0 Å². The van der Waals surface area contributed by atoms with Gasteiger partial charge < -0.3 is 19.3 Å². The molecule has 3 heterocycles. The Labute approximate surface area is 260 Å². The van der Waals surface area contributed by atoms with Gasteiger partial charge in [0.25, 0.3) is 0 Å². The first kappa shape index (κ1) is 31.7. The number of fused-ring (bicyclic) bond motifs is 1. The zero-order valence-corrected chi connectivity index (χ0v) is 25.4. The molecule has 4 aromatic rings. The molecule has 46 heavy (non-hydrogen) atoms. The third-order valence-electron chi connectivity index (χ3n) is 8.17. The SMILES string of the molecule is COc1cc2nc(-c3ccc(CC(=O)Nc4cc(C5(C(F)(F)F)CC5)on4)c(F)c3)cnc2cc1OCCN1CCS(=O)(=O)CC1. The third kappa shape index (κ3) is 6.63. The van der Waals surface area contributed by atoms with Crippen molar-refractivity contribution in [3.8, 4) is 22.8 Å². The molecule has 6 rings (SSSR count). The summed E-state index contributed by atoms with van der Waals surface area (Å²) in [5.74, 6) is -0.773. The minimum absolute atomic E-state index is 0.0577. The Balaban J connectivity index is 1.09. The zero-order chi connectivity index (χ0) is 32.7. The summed E-state index contributed by atoms with van der Waals surface area (Å²) < 4.78 is 94.6. The lowest BCUT2D eigenvalue weighted by Gasteiger charge is -2.26. The molecule has 0 spiro atoms. The zero-order valence-electron chi connectivity index (χ0n) is 24.6. The molecule has 16 heteroatoms. The van der Waals surface area contributed by atoms with Crippen molar-refractivity contribution in [3.05, 3.63) is 59.7 Å². The van der Waals surface area contributed by atoms with E-state index in [-0.39, 0.29) is 47.9 Å². The predicted molar refractivity (Wildman–Crippen MR) is 158 cm³/mol. The van der Waals surface area contributed by atoms with Crippen LogP contribution in [-0.4, -0.2) is 85.4 Å². The average Bonchev–Trinajstić information content (AvgIpc) is 3.72. The highest BCUT2D eigenvalue weighted by Gasteiger charge is 2.66. The molecule has 1 aliphatic heterocycles. The summed E-state index contributed by atoms with van der Waals surface area (Å²) in [7, 11) is -1.48. The highest BCUT2D eigenvalue weighted by molar-refractivity contribution is 7.91. The summed E-state index contributed by atoms with van der Waals surface area (Å²) in [6.07, 6.45) is -3.62. The molecule has 0 bridgehead atoms. The number of alkyl halides is 3. The van der Waals surface area contributed by atoms with Gasteiger partial charge in [-0.1, -0.05) is 17.3 Å². The molecule has 2 aliphatic rings. The van der Waals surface area contributed by atoms with Crippen molar-refractivity contribution in [2.75, 3.05) is 50.2 Å². The molecule has 1 saturated carbocycles. The second-order valence-corrected chi connectivity index (χ2v) is 13.6. The highest BCUT2D eigenvalue weighted by atomic mass is 32.2. The average molecular weight is 664 g/mol. The number of nitrogens with zero attached hydrogens (tertiary/aromatic N) is 4. The Bertz CT molecular complexity index is 1880. The van der Waals surface area contributed by atoms with Crippen molar-refractivity contribution >= 4 is 32.6 Å². The molecule has 0 unspecified atom stereocenters. The second kappa shape index (κ2) is 12.1. The number of anilines is 1.